The summed E-state index contributed by atoms with van der Waals surface area (Å²) in [5.74, 6) is 0.883. The third-order valence-corrected chi connectivity index (χ3v) is 5.73. The molecule has 0 saturated carbocycles. The van der Waals surface area contributed by atoms with E-state index in [1.165, 1.54) is 24.8 Å². The van der Waals surface area contributed by atoms with Gasteiger partial charge in [0.15, 0.2) is 0 Å². The monoisotopic (exact) mass is 365 g/mol. The molecule has 1 atom stereocenters. The highest BCUT2D eigenvalue weighted by Crippen LogP contribution is 2.25. The summed E-state index contributed by atoms with van der Waals surface area (Å²) >= 11 is 0. The SMILES string of the molecule is Cc1[nH]c2ccc(C(=O)NCC(c3ccco3)N3CCCCC3)cc2c1C. The summed E-state index contributed by atoms with van der Waals surface area (Å²) in [4.78, 5) is 18.6. The van der Waals surface area contributed by atoms with E-state index in [2.05, 4.69) is 29.0 Å². The van der Waals surface area contributed by atoms with Gasteiger partial charge in [-0.2, -0.15) is 0 Å². The molecule has 2 aromatic heterocycles. The Morgan fingerprint density at radius 1 is 1.22 bits per heavy atom. The maximum absolute atomic E-state index is 12.8. The quantitative estimate of drug-likeness (QED) is 0.707. The Bertz CT molecular complexity index is 921. The number of aromatic nitrogens is 1. The molecule has 142 valence electrons. The number of nitrogens with zero attached hydrogens (tertiary/aromatic N) is 1. The number of carbonyl (C=O) groups is 1. The van der Waals surface area contributed by atoms with Gasteiger partial charge in [0.05, 0.1) is 12.3 Å². The van der Waals surface area contributed by atoms with Crippen molar-refractivity contribution in [1.29, 1.82) is 0 Å². The molecule has 1 amide bonds. The van der Waals surface area contributed by atoms with Crippen molar-refractivity contribution in [3.63, 3.8) is 0 Å². The lowest BCUT2D eigenvalue weighted by Crippen LogP contribution is -2.40. The fourth-order valence-corrected chi connectivity index (χ4v) is 4.01. The van der Waals surface area contributed by atoms with Gasteiger partial charge in [0.25, 0.3) is 5.91 Å². The minimum absolute atomic E-state index is 0.0382. The Morgan fingerprint density at radius 3 is 2.78 bits per heavy atom. The van der Waals surface area contributed by atoms with E-state index in [0.29, 0.717) is 12.1 Å². The van der Waals surface area contributed by atoms with Crippen LogP contribution in [0.1, 0.15) is 52.7 Å². The van der Waals surface area contributed by atoms with Crippen molar-refractivity contribution in [2.75, 3.05) is 19.6 Å². The number of hydrogen-bond donors (Lipinski definition) is 2. The van der Waals surface area contributed by atoms with Crippen LogP contribution in [0.3, 0.4) is 0 Å². The number of hydrogen-bond acceptors (Lipinski definition) is 3. The molecule has 0 aliphatic carbocycles. The summed E-state index contributed by atoms with van der Waals surface area (Å²) in [6.07, 6.45) is 5.39. The fourth-order valence-electron chi connectivity index (χ4n) is 4.01. The van der Waals surface area contributed by atoms with Crippen LogP contribution in [0.5, 0.6) is 0 Å². The maximum Gasteiger partial charge on any atom is 0.251 e. The van der Waals surface area contributed by atoms with Crippen LogP contribution in [0.2, 0.25) is 0 Å². The van der Waals surface area contributed by atoms with Gasteiger partial charge in [-0.3, -0.25) is 9.69 Å². The number of carbonyl (C=O) groups excluding carboxylic acids is 1. The van der Waals surface area contributed by atoms with Gasteiger partial charge < -0.3 is 14.7 Å². The molecule has 5 nitrogen and oxygen atoms in total. The summed E-state index contributed by atoms with van der Waals surface area (Å²) in [7, 11) is 0. The largest absolute Gasteiger partial charge is 0.468 e. The van der Waals surface area contributed by atoms with E-state index in [1.54, 1.807) is 6.26 Å². The van der Waals surface area contributed by atoms with Gasteiger partial charge in [-0.05, 0) is 75.7 Å². The first kappa shape index (κ1) is 17.9. The van der Waals surface area contributed by atoms with Crippen LogP contribution in [0.15, 0.2) is 41.0 Å². The third kappa shape index (κ3) is 3.65. The highest BCUT2D eigenvalue weighted by atomic mass is 16.3. The van der Waals surface area contributed by atoms with Gasteiger partial charge in [0.1, 0.15) is 5.76 Å². The van der Waals surface area contributed by atoms with E-state index in [1.807, 2.05) is 30.3 Å². The van der Waals surface area contributed by atoms with Crippen LogP contribution < -0.4 is 5.32 Å². The molecule has 1 unspecified atom stereocenters. The number of H-pyrrole nitrogens is 1. The van der Waals surface area contributed by atoms with E-state index in [4.69, 9.17) is 4.42 Å². The zero-order valence-electron chi connectivity index (χ0n) is 16.0. The molecule has 5 heteroatoms. The average Bonchev–Trinajstić information content (AvgIpc) is 3.31. The van der Waals surface area contributed by atoms with E-state index >= 15 is 0 Å². The number of likely N-dealkylation sites (tertiary alicyclic amines) is 1. The predicted octanol–water partition coefficient (Wildman–Crippen LogP) is 4.33. The lowest BCUT2D eigenvalue weighted by molar-refractivity contribution is 0.0914. The highest BCUT2D eigenvalue weighted by Gasteiger charge is 2.25. The molecular weight excluding hydrogens is 338 g/mol. The Labute approximate surface area is 159 Å². The lowest BCUT2D eigenvalue weighted by Gasteiger charge is -2.33. The summed E-state index contributed by atoms with van der Waals surface area (Å²) in [5, 5.41) is 4.23. The Hall–Kier alpha value is -2.53. The molecule has 0 radical (unpaired) electrons. The van der Waals surface area contributed by atoms with Crippen LogP contribution in [-0.2, 0) is 0 Å². The van der Waals surface area contributed by atoms with Crippen molar-refractivity contribution in [2.45, 2.75) is 39.2 Å². The number of amides is 1. The van der Waals surface area contributed by atoms with Gasteiger partial charge in [-0.25, -0.2) is 0 Å². The smallest absolute Gasteiger partial charge is 0.251 e. The van der Waals surface area contributed by atoms with E-state index in [0.717, 1.165) is 35.4 Å². The Kier molecular flexibility index (Phi) is 5.03. The highest BCUT2D eigenvalue weighted by molar-refractivity contribution is 5.99. The molecule has 1 aliphatic heterocycles. The van der Waals surface area contributed by atoms with Crippen LogP contribution in [0.4, 0.5) is 0 Å². The van der Waals surface area contributed by atoms with E-state index < -0.39 is 0 Å². The molecule has 3 aromatic rings. The predicted molar refractivity (Wildman–Crippen MR) is 107 cm³/mol. The zero-order chi connectivity index (χ0) is 18.8. The second kappa shape index (κ2) is 7.61. The Balaban J connectivity index is 1.50. The molecule has 1 fully saturated rings. The van der Waals surface area contributed by atoms with Crippen molar-refractivity contribution in [2.24, 2.45) is 0 Å². The molecule has 1 aliphatic rings. The fraction of sp³-hybridized carbons (Fsp3) is 0.409. The first-order chi connectivity index (χ1) is 13.1. The molecule has 2 N–H and O–H groups in total. The number of rotatable bonds is 5. The molecule has 4 rings (SSSR count). The first-order valence-corrected chi connectivity index (χ1v) is 9.78. The average molecular weight is 365 g/mol. The van der Waals surface area contributed by atoms with Gasteiger partial charge in [-0.15, -0.1) is 0 Å². The summed E-state index contributed by atoms with van der Waals surface area (Å²) < 4.78 is 5.67. The number of piperidine rings is 1. The topological polar surface area (TPSA) is 61.3 Å². The normalized spacial score (nSPS) is 16.5. The van der Waals surface area contributed by atoms with Crippen molar-refractivity contribution in [3.05, 3.63) is 59.2 Å². The number of furan rings is 1. The standard InChI is InChI=1S/C22H27N3O2/c1-15-16(2)24-19-9-8-17(13-18(15)19)22(26)23-14-20(21-7-6-12-27-21)25-10-4-3-5-11-25/h6-9,12-13,20,24H,3-5,10-11,14H2,1-2H3,(H,23,26). The molecule has 27 heavy (non-hydrogen) atoms. The number of nitrogens with one attached hydrogen (secondary N) is 2. The molecule has 1 saturated heterocycles. The van der Waals surface area contributed by atoms with E-state index in [9.17, 15) is 4.79 Å². The minimum Gasteiger partial charge on any atom is -0.468 e. The molecule has 0 spiro atoms. The number of fused-ring (bicyclic) bond motifs is 1. The van der Waals surface area contributed by atoms with Crippen molar-refractivity contribution in [1.82, 2.24) is 15.2 Å². The summed E-state index contributed by atoms with van der Waals surface area (Å²) in [5.41, 5.74) is 4.11. The second-order valence-corrected chi connectivity index (χ2v) is 7.47. The van der Waals surface area contributed by atoms with Crippen LogP contribution >= 0.6 is 0 Å². The maximum atomic E-state index is 12.8. The van der Waals surface area contributed by atoms with Gasteiger partial charge >= 0.3 is 0 Å². The molecular formula is C22H27N3O2. The van der Waals surface area contributed by atoms with Crippen LogP contribution in [0.25, 0.3) is 10.9 Å². The van der Waals surface area contributed by atoms with Crippen molar-refractivity contribution >= 4 is 16.8 Å². The van der Waals surface area contributed by atoms with Crippen molar-refractivity contribution < 1.29 is 9.21 Å². The van der Waals surface area contributed by atoms with Crippen LogP contribution in [0, 0.1) is 13.8 Å². The number of benzene rings is 1. The lowest BCUT2D eigenvalue weighted by atomic mass is 10.1. The molecule has 0 bridgehead atoms. The minimum atomic E-state index is -0.0382. The van der Waals surface area contributed by atoms with Gasteiger partial charge in [0.2, 0.25) is 0 Å². The first-order valence-electron chi connectivity index (χ1n) is 9.78. The number of aryl methyl sites for hydroxylation is 2. The third-order valence-electron chi connectivity index (χ3n) is 5.73. The molecule has 1 aromatic carbocycles. The Morgan fingerprint density at radius 2 is 2.04 bits per heavy atom. The number of aromatic amines is 1. The van der Waals surface area contributed by atoms with Crippen LogP contribution in [-0.4, -0.2) is 35.4 Å². The molecule has 3 heterocycles. The second-order valence-electron chi connectivity index (χ2n) is 7.47. The summed E-state index contributed by atoms with van der Waals surface area (Å²) in [6, 6.07) is 9.85. The van der Waals surface area contributed by atoms with Gasteiger partial charge in [-0.1, -0.05) is 6.42 Å². The summed E-state index contributed by atoms with van der Waals surface area (Å²) in [6.45, 7) is 6.79. The van der Waals surface area contributed by atoms with Gasteiger partial charge in [0, 0.05) is 28.7 Å². The van der Waals surface area contributed by atoms with Crippen molar-refractivity contribution in [3.8, 4) is 0 Å². The zero-order valence-corrected chi connectivity index (χ0v) is 16.0. The van der Waals surface area contributed by atoms with E-state index in [-0.39, 0.29) is 11.9 Å².